The monoisotopic (exact) mass is 372 g/mol. The van der Waals surface area contributed by atoms with Crippen molar-refractivity contribution in [3.8, 4) is 0 Å². The van der Waals surface area contributed by atoms with Crippen molar-refractivity contribution in [2.75, 3.05) is 0 Å². The summed E-state index contributed by atoms with van der Waals surface area (Å²) in [6, 6.07) is 0. The molecule has 0 unspecified atom stereocenters. The smallest absolute Gasteiger partial charge is 0 e. The van der Waals surface area contributed by atoms with Crippen LogP contribution in [0.5, 0.6) is 0 Å². The molecule has 0 amide bonds. The zero-order chi connectivity index (χ0) is 0. The second kappa shape index (κ2) is 63.6. The van der Waals surface area contributed by atoms with E-state index in [-0.39, 0.29) is 108 Å². The fourth-order valence-corrected chi connectivity index (χ4v) is 0. The molecule has 0 saturated heterocycles. The SMILES string of the molecule is [B].[Co].[Cr].[Cu].[Mo].[Ni].[SiH3]. The van der Waals surface area contributed by atoms with Crippen LogP contribution in [0.4, 0.5) is 0 Å². The van der Waals surface area contributed by atoms with E-state index in [4.69, 9.17) is 0 Å². The van der Waals surface area contributed by atoms with Crippen molar-refractivity contribution in [2.24, 2.45) is 0 Å². The molecule has 6 radical (unpaired) electrons. The summed E-state index contributed by atoms with van der Waals surface area (Å²) in [5.74, 6) is 0. The summed E-state index contributed by atoms with van der Waals surface area (Å²) in [6.07, 6.45) is 0. The fourth-order valence-electron chi connectivity index (χ4n) is 0. The predicted octanol–water partition coefficient (Wildman–Crippen LogP) is -1.58. The summed E-state index contributed by atoms with van der Waals surface area (Å²) in [6.45, 7) is 0. The fraction of sp³-hybridized carbons (Fsp3) is 0. The van der Waals surface area contributed by atoms with Crippen LogP contribution >= 0.6 is 0 Å². The Morgan fingerprint density at radius 1 is 1.00 bits per heavy atom. The molecule has 0 saturated carbocycles. The third kappa shape index (κ3) is 48.7. The van der Waals surface area contributed by atoms with Crippen LogP contribution in [0, 0.1) is 0 Å². The molecule has 7 heavy (non-hydrogen) atoms. The summed E-state index contributed by atoms with van der Waals surface area (Å²) in [4.78, 5) is 0. The minimum Gasteiger partial charge on any atom is -0.0125 e. The largest absolute Gasteiger partial charge is 0.0125 e. The molecule has 0 aromatic carbocycles. The third-order valence-electron chi connectivity index (χ3n) is 0. The Hall–Kier alpha value is 3.02. The first-order chi connectivity index (χ1) is 0. The minimum absolute atomic E-state index is 0. The Labute approximate surface area is 107 Å². The Morgan fingerprint density at radius 3 is 1.00 bits per heavy atom. The van der Waals surface area contributed by atoms with Crippen LogP contribution in [-0.2, 0) is 88.8 Å². The molecule has 0 bridgehead atoms. The van der Waals surface area contributed by atoms with Crippen molar-refractivity contribution in [1.82, 2.24) is 0 Å². The molecule has 0 N–H and O–H groups in total. The van der Waals surface area contributed by atoms with Crippen LogP contribution in [0.3, 0.4) is 0 Å². The van der Waals surface area contributed by atoms with Crippen molar-refractivity contribution < 1.29 is 88.8 Å². The Balaban J connectivity index is 0. The van der Waals surface area contributed by atoms with Gasteiger partial charge < -0.3 is 0 Å². The molecule has 0 aliphatic carbocycles. The molecule has 0 fully saturated rings. The van der Waals surface area contributed by atoms with E-state index in [2.05, 4.69) is 0 Å². The maximum atomic E-state index is 0. The van der Waals surface area contributed by atoms with E-state index in [1.165, 1.54) is 0 Å². The van der Waals surface area contributed by atoms with Gasteiger partial charge >= 0.3 is 0 Å². The topological polar surface area (TPSA) is 0 Å². The zero-order valence-corrected chi connectivity index (χ0v) is 11.6. The standard InChI is InChI=1S/B.Co.Cr.Cu.Mo.Ni.H3Si/h;;;;;;1H3. The number of rotatable bonds is 0. The van der Waals surface area contributed by atoms with Gasteiger partial charge in [0.05, 0.1) is 0 Å². The van der Waals surface area contributed by atoms with Crippen molar-refractivity contribution >= 4 is 19.4 Å². The van der Waals surface area contributed by atoms with Gasteiger partial charge in [-0.1, -0.05) is 0 Å². The van der Waals surface area contributed by atoms with Gasteiger partial charge in [-0.15, -0.1) is 0 Å². The summed E-state index contributed by atoms with van der Waals surface area (Å²) in [5.41, 5.74) is 0. The van der Waals surface area contributed by atoms with Crippen LogP contribution in [0.25, 0.3) is 0 Å². The summed E-state index contributed by atoms with van der Waals surface area (Å²) in [7, 11) is 0. The van der Waals surface area contributed by atoms with E-state index in [1.54, 1.807) is 0 Å². The van der Waals surface area contributed by atoms with Gasteiger partial charge in [0.15, 0.2) is 0 Å². The Morgan fingerprint density at radius 2 is 1.00 bits per heavy atom. The normalized spacial score (nSPS) is 0. The molecule has 0 atom stereocenters. The van der Waals surface area contributed by atoms with E-state index in [1.807, 2.05) is 0 Å². The molecular weight excluding hydrogens is 368 g/mol. The van der Waals surface area contributed by atoms with Gasteiger partial charge in [0.2, 0.25) is 0 Å². The van der Waals surface area contributed by atoms with Gasteiger partial charge in [-0.3, -0.25) is 0 Å². The Bertz CT molecular complexity index is 19.7. The molecule has 52 valence electrons. The number of hydrogen-bond acceptors (Lipinski definition) is 0. The van der Waals surface area contributed by atoms with E-state index < -0.39 is 0 Å². The van der Waals surface area contributed by atoms with Crippen molar-refractivity contribution in [2.45, 2.75) is 0 Å². The van der Waals surface area contributed by atoms with Crippen LogP contribution in [0.15, 0.2) is 0 Å². The summed E-state index contributed by atoms with van der Waals surface area (Å²) in [5, 5.41) is 0. The van der Waals surface area contributed by atoms with Gasteiger partial charge in [0.1, 0.15) is 0 Å². The van der Waals surface area contributed by atoms with Gasteiger partial charge in [-0.2, -0.15) is 0 Å². The molecule has 0 heterocycles. The maximum Gasteiger partial charge on any atom is 0 e. The van der Waals surface area contributed by atoms with Crippen molar-refractivity contribution in [3.05, 3.63) is 0 Å². The molecule has 0 aliphatic heterocycles. The molecule has 0 spiro atoms. The average Bonchev–Trinajstić information content (AvgIpc) is 0. The quantitative estimate of drug-likeness (QED) is 0.452. The predicted molar refractivity (Wildman–Crippen MR) is 15.7 cm³/mol. The molecule has 0 aromatic rings. The second-order valence-corrected chi connectivity index (χ2v) is 0. The van der Waals surface area contributed by atoms with E-state index in [9.17, 15) is 0 Å². The van der Waals surface area contributed by atoms with Crippen molar-refractivity contribution in [1.29, 1.82) is 0 Å². The van der Waals surface area contributed by atoms with Crippen LogP contribution < -0.4 is 0 Å². The molecule has 7 heteroatoms. The van der Waals surface area contributed by atoms with Crippen LogP contribution in [0.1, 0.15) is 0 Å². The van der Waals surface area contributed by atoms with Gasteiger partial charge in [0, 0.05) is 97.2 Å². The molecule has 0 aromatic heterocycles. The molecular formula is H3BCoCrCuMoNiSi. The van der Waals surface area contributed by atoms with Crippen LogP contribution in [-0.4, -0.2) is 19.4 Å². The maximum absolute atomic E-state index is 0. The second-order valence-electron chi connectivity index (χ2n) is 0. The summed E-state index contributed by atoms with van der Waals surface area (Å²) < 4.78 is 0. The van der Waals surface area contributed by atoms with Gasteiger partial charge in [-0.25, -0.2) is 0 Å². The first-order valence-electron chi connectivity index (χ1n) is 0. The summed E-state index contributed by atoms with van der Waals surface area (Å²) >= 11 is 0. The van der Waals surface area contributed by atoms with E-state index in [0.717, 1.165) is 0 Å². The van der Waals surface area contributed by atoms with E-state index >= 15 is 0 Å². The zero-order valence-electron chi connectivity index (χ0n) is 3.34. The first kappa shape index (κ1) is 89.3. The van der Waals surface area contributed by atoms with E-state index in [0.29, 0.717) is 0 Å². The van der Waals surface area contributed by atoms with Crippen LogP contribution in [0.2, 0.25) is 0 Å². The first-order valence-corrected chi connectivity index (χ1v) is 0. The molecule has 0 aliphatic rings. The molecule has 0 nitrogen and oxygen atoms in total. The third-order valence-corrected chi connectivity index (χ3v) is 0. The minimum atomic E-state index is 0. The van der Waals surface area contributed by atoms with Crippen molar-refractivity contribution in [3.63, 3.8) is 0 Å². The molecule has 0 rings (SSSR count). The number of hydrogen-bond donors (Lipinski definition) is 0. The van der Waals surface area contributed by atoms with Gasteiger partial charge in [-0.05, 0) is 11.0 Å². The Kier molecular flexibility index (Phi) is 811. The van der Waals surface area contributed by atoms with Gasteiger partial charge in [0.25, 0.3) is 0 Å². The average molecular weight is 371 g/mol.